The minimum absolute atomic E-state index is 0.0704. The number of carbonyl (C=O) groups is 1. The van der Waals surface area contributed by atoms with Crippen LogP contribution in [0.2, 0.25) is 0 Å². The van der Waals surface area contributed by atoms with Gasteiger partial charge in [0.05, 0.1) is 19.6 Å². The first-order valence-corrected chi connectivity index (χ1v) is 7.68. The van der Waals surface area contributed by atoms with E-state index in [0.29, 0.717) is 37.9 Å². The van der Waals surface area contributed by atoms with E-state index in [1.54, 1.807) is 23.2 Å². The quantitative estimate of drug-likeness (QED) is 0.866. The maximum Gasteiger partial charge on any atom is 0.251 e. The van der Waals surface area contributed by atoms with E-state index in [4.69, 9.17) is 9.26 Å². The summed E-state index contributed by atoms with van der Waals surface area (Å²) >= 11 is 1.65. The van der Waals surface area contributed by atoms with Crippen molar-refractivity contribution in [3.63, 3.8) is 0 Å². The van der Waals surface area contributed by atoms with E-state index in [-0.39, 0.29) is 11.9 Å². The number of aromatic nitrogens is 2. The second kappa shape index (κ2) is 5.95. The Morgan fingerprint density at radius 1 is 1.48 bits per heavy atom. The third-order valence-electron chi connectivity index (χ3n) is 3.40. The molecule has 0 aromatic carbocycles. The van der Waals surface area contributed by atoms with Crippen molar-refractivity contribution < 1.29 is 14.1 Å². The summed E-state index contributed by atoms with van der Waals surface area (Å²) in [6.07, 6.45) is 0.405. The molecule has 2 aromatic heterocycles. The summed E-state index contributed by atoms with van der Waals surface area (Å²) in [5.41, 5.74) is 0. The lowest BCUT2D eigenvalue weighted by atomic mass is 10.2. The molecule has 3 heterocycles. The topological polar surface area (TPSA) is 68.5 Å². The molecule has 0 bridgehead atoms. The van der Waals surface area contributed by atoms with Crippen molar-refractivity contribution >= 4 is 17.2 Å². The van der Waals surface area contributed by atoms with Crippen molar-refractivity contribution in [2.75, 3.05) is 19.8 Å². The maximum absolute atomic E-state index is 12.6. The summed E-state index contributed by atoms with van der Waals surface area (Å²) in [7, 11) is 0. The lowest BCUT2D eigenvalue weighted by Crippen LogP contribution is -2.44. The van der Waals surface area contributed by atoms with Crippen molar-refractivity contribution in [1.82, 2.24) is 15.0 Å². The predicted molar refractivity (Wildman–Crippen MR) is 77.1 cm³/mol. The number of nitrogens with zero attached hydrogens (tertiary/aromatic N) is 3. The van der Waals surface area contributed by atoms with E-state index < -0.39 is 0 Å². The lowest BCUT2D eigenvalue weighted by molar-refractivity contribution is -0.140. The zero-order valence-corrected chi connectivity index (χ0v) is 12.9. The fraction of sp³-hybridized carbons (Fsp3) is 0.500. The summed E-state index contributed by atoms with van der Waals surface area (Å²) in [5.74, 6) is 1.08. The predicted octanol–water partition coefficient (Wildman–Crippen LogP) is 1.89. The molecule has 0 aliphatic carbocycles. The number of hydrogen-bond donors (Lipinski definition) is 0. The number of aryl methyl sites for hydroxylation is 2. The van der Waals surface area contributed by atoms with E-state index in [1.165, 1.54) is 4.88 Å². The second-order valence-corrected chi connectivity index (χ2v) is 6.42. The second-order valence-electron chi connectivity index (χ2n) is 5.05. The van der Waals surface area contributed by atoms with Gasteiger partial charge in [0.15, 0.2) is 5.82 Å². The van der Waals surface area contributed by atoms with Crippen molar-refractivity contribution in [2.24, 2.45) is 0 Å². The van der Waals surface area contributed by atoms with Gasteiger partial charge in [-0.2, -0.15) is 4.98 Å². The van der Waals surface area contributed by atoms with Crippen molar-refractivity contribution in [3.05, 3.63) is 33.6 Å². The molecule has 1 aliphatic heterocycles. The van der Waals surface area contributed by atoms with E-state index in [1.807, 2.05) is 19.1 Å². The molecule has 1 saturated heterocycles. The minimum Gasteiger partial charge on any atom is -0.377 e. The first-order valence-electron chi connectivity index (χ1n) is 6.86. The number of carbonyl (C=O) groups excluding carboxylic acids is 1. The maximum atomic E-state index is 12.6. The number of ether oxygens (including phenoxy) is 1. The summed E-state index contributed by atoms with van der Waals surface area (Å²) in [6, 6.07) is 3.75. The highest BCUT2D eigenvalue weighted by Crippen LogP contribution is 2.25. The molecule has 3 rings (SSSR count). The summed E-state index contributed by atoms with van der Waals surface area (Å²) < 4.78 is 10.7. The molecule has 1 aliphatic rings. The van der Waals surface area contributed by atoms with Gasteiger partial charge in [-0.3, -0.25) is 4.79 Å². The molecule has 0 radical (unpaired) electrons. The van der Waals surface area contributed by atoms with E-state index in [9.17, 15) is 4.79 Å². The molecule has 6 nitrogen and oxygen atoms in total. The normalized spacial score (nSPS) is 19.0. The van der Waals surface area contributed by atoms with Gasteiger partial charge in [-0.15, -0.1) is 11.3 Å². The van der Waals surface area contributed by atoms with Crippen LogP contribution in [-0.2, 0) is 16.0 Å². The summed E-state index contributed by atoms with van der Waals surface area (Å²) in [5, 5.41) is 3.80. The molecular formula is C14H17N3O3S. The first kappa shape index (κ1) is 14.2. The Morgan fingerprint density at radius 2 is 2.33 bits per heavy atom. The van der Waals surface area contributed by atoms with E-state index in [0.717, 1.165) is 4.88 Å². The van der Waals surface area contributed by atoms with Crippen molar-refractivity contribution in [3.8, 4) is 0 Å². The highest BCUT2D eigenvalue weighted by Gasteiger charge is 2.32. The number of rotatable bonds is 3. The van der Waals surface area contributed by atoms with Gasteiger partial charge in [0.2, 0.25) is 5.91 Å². The fourth-order valence-electron chi connectivity index (χ4n) is 2.39. The monoisotopic (exact) mass is 307 g/mol. The zero-order valence-electron chi connectivity index (χ0n) is 12.0. The molecular weight excluding hydrogens is 290 g/mol. The van der Waals surface area contributed by atoms with Crippen LogP contribution in [-0.4, -0.2) is 40.7 Å². The molecule has 1 fully saturated rings. The average molecular weight is 307 g/mol. The molecule has 0 saturated carbocycles. The Kier molecular flexibility index (Phi) is 4.03. The molecule has 0 spiro atoms. The zero-order chi connectivity index (χ0) is 14.8. The van der Waals surface area contributed by atoms with Crippen LogP contribution in [0.5, 0.6) is 0 Å². The third kappa shape index (κ3) is 3.14. The molecule has 2 aromatic rings. The van der Waals surface area contributed by atoms with Crippen LogP contribution in [0.3, 0.4) is 0 Å². The fourth-order valence-corrected chi connectivity index (χ4v) is 3.27. The molecule has 112 valence electrons. The third-order valence-corrected chi connectivity index (χ3v) is 4.40. The minimum atomic E-state index is -0.284. The Labute approximate surface area is 126 Å². The van der Waals surface area contributed by atoms with Crippen LogP contribution in [0.15, 0.2) is 16.7 Å². The molecule has 7 heteroatoms. The smallest absolute Gasteiger partial charge is 0.251 e. The molecule has 1 atom stereocenters. The number of hydrogen-bond acceptors (Lipinski definition) is 6. The lowest BCUT2D eigenvalue weighted by Gasteiger charge is -2.33. The van der Waals surface area contributed by atoms with Gasteiger partial charge in [0.1, 0.15) is 6.04 Å². The Hall–Kier alpha value is -1.73. The van der Waals surface area contributed by atoms with Gasteiger partial charge in [-0.05, 0) is 26.0 Å². The number of amides is 1. The van der Waals surface area contributed by atoms with Crippen LogP contribution in [0.25, 0.3) is 0 Å². The van der Waals surface area contributed by atoms with Gasteiger partial charge < -0.3 is 14.2 Å². The first-order chi connectivity index (χ1) is 10.1. The Balaban J connectivity index is 1.75. The Morgan fingerprint density at radius 3 is 3.00 bits per heavy atom. The van der Waals surface area contributed by atoms with Crippen molar-refractivity contribution in [1.29, 1.82) is 0 Å². The summed E-state index contributed by atoms with van der Waals surface area (Å²) in [6.45, 7) is 5.29. The SMILES string of the molecule is Cc1noc(C2COCCN2C(=O)Cc2ccc(C)s2)n1. The number of morpholine rings is 1. The molecule has 1 unspecified atom stereocenters. The van der Waals surface area contributed by atoms with Crippen LogP contribution in [0.1, 0.15) is 27.5 Å². The summed E-state index contributed by atoms with van der Waals surface area (Å²) in [4.78, 5) is 20.9. The standard InChI is InChI=1S/C14H17N3O3S/c1-9-3-4-11(21-9)7-13(18)17-5-6-19-8-12(17)14-15-10(2)16-20-14/h3-4,12H,5-8H2,1-2H3. The largest absolute Gasteiger partial charge is 0.377 e. The van der Waals surface area contributed by atoms with Gasteiger partial charge in [0.25, 0.3) is 5.89 Å². The molecule has 21 heavy (non-hydrogen) atoms. The number of thiophene rings is 1. The molecule has 1 amide bonds. The van der Waals surface area contributed by atoms with Crippen LogP contribution >= 0.6 is 11.3 Å². The van der Waals surface area contributed by atoms with Crippen LogP contribution in [0.4, 0.5) is 0 Å². The van der Waals surface area contributed by atoms with Gasteiger partial charge in [0, 0.05) is 16.3 Å². The highest BCUT2D eigenvalue weighted by atomic mass is 32.1. The van der Waals surface area contributed by atoms with Crippen molar-refractivity contribution in [2.45, 2.75) is 26.3 Å². The van der Waals surface area contributed by atoms with Gasteiger partial charge in [-0.25, -0.2) is 0 Å². The van der Waals surface area contributed by atoms with Gasteiger partial charge in [-0.1, -0.05) is 5.16 Å². The van der Waals surface area contributed by atoms with Crippen LogP contribution in [0, 0.1) is 13.8 Å². The highest BCUT2D eigenvalue weighted by molar-refractivity contribution is 7.12. The average Bonchev–Trinajstić information content (AvgIpc) is 3.07. The Bertz CT molecular complexity index is 637. The van der Waals surface area contributed by atoms with E-state index in [2.05, 4.69) is 10.1 Å². The van der Waals surface area contributed by atoms with E-state index >= 15 is 0 Å². The van der Waals surface area contributed by atoms with Gasteiger partial charge >= 0.3 is 0 Å². The van der Waals surface area contributed by atoms with Crippen LogP contribution < -0.4 is 0 Å². The molecule has 0 N–H and O–H groups in total.